The molecule has 8 heteroatoms. The van der Waals surface area contributed by atoms with Gasteiger partial charge in [0, 0.05) is 5.56 Å². The predicted octanol–water partition coefficient (Wildman–Crippen LogP) is 3.52. The number of carbonyl (C=O) groups excluding carboxylic acids is 2. The van der Waals surface area contributed by atoms with Crippen LogP contribution in [0, 0.1) is 0 Å². The first-order valence-corrected chi connectivity index (χ1v) is 9.21. The van der Waals surface area contributed by atoms with Gasteiger partial charge in [-0.05, 0) is 37.3 Å². The number of benzene rings is 2. The van der Waals surface area contributed by atoms with Crippen LogP contribution >= 0.6 is 0 Å². The van der Waals surface area contributed by atoms with E-state index in [1.165, 1.54) is 26.0 Å². The third-order valence-electron chi connectivity index (χ3n) is 4.39. The van der Waals surface area contributed by atoms with Crippen LogP contribution in [0.3, 0.4) is 0 Å². The maximum Gasteiger partial charge on any atom is 0.357 e. The van der Waals surface area contributed by atoms with E-state index in [2.05, 4.69) is 5.10 Å². The summed E-state index contributed by atoms with van der Waals surface area (Å²) in [5, 5.41) is 4.56. The van der Waals surface area contributed by atoms with Crippen LogP contribution in [0.1, 0.15) is 27.8 Å². The Kier molecular flexibility index (Phi) is 6.36. The standard InChI is InChI=1S/C22H22N2O6/c1-5-30-16-12-11-14(13-17(16)27-2)19-18(21(25)28-3)20(22(26)29-4)24(23-19)15-9-7-6-8-10-15/h6-13H,5H2,1-4H3. The Labute approximate surface area is 173 Å². The molecule has 0 aliphatic rings. The average Bonchev–Trinajstić information content (AvgIpc) is 3.19. The maximum atomic E-state index is 12.7. The number of esters is 2. The molecule has 0 saturated heterocycles. The second kappa shape index (κ2) is 9.13. The molecule has 156 valence electrons. The first-order valence-electron chi connectivity index (χ1n) is 9.21. The van der Waals surface area contributed by atoms with Gasteiger partial charge in [-0.25, -0.2) is 14.3 Å². The van der Waals surface area contributed by atoms with Crippen molar-refractivity contribution < 1.29 is 28.5 Å². The lowest BCUT2D eigenvalue weighted by molar-refractivity contribution is 0.0549. The number of aromatic nitrogens is 2. The molecule has 0 amide bonds. The van der Waals surface area contributed by atoms with Crippen molar-refractivity contribution in [2.24, 2.45) is 0 Å². The van der Waals surface area contributed by atoms with Crippen LogP contribution in [0.5, 0.6) is 11.5 Å². The van der Waals surface area contributed by atoms with Crippen molar-refractivity contribution in [1.82, 2.24) is 9.78 Å². The Hall–Kier alpha value is -3.81. The monoisotopic (exact) mass is 410 g/mol. The van der Waals surface area contributed by atoms with E-state index in [4.69, 9.17) is 18.9 Å². The molecule has 0 radical (unpaired) electrons. The SMILES string of the molecule is CCOc1ccc(-c2nn(-c3ccccc3)c(C(=O)OC)c2C(=O)OC)cc1OC. The largest absolute Gasteiger partial charge is 0.493 e. The molecule has 0 unspecified atom stereocenters. The number of rotatable bonds is 7. The smallest absolute Gasteiger partial charge is 0.357 e. The highest BCUT2D eigenvalue weighted by molar-refractivity contribution is 6.06. The summed E-state index contributed by atoms with van der Waals surface area (Å²) in [5.74, 6) is -0.394. The number of carbonyl (C=O) groups is 2. The Morgan fingerprint density at radius 1 is 0.933 bits per heavy atom. The van der Waals surface area contributed by atoms with Gasteiger partial charge < -0.3 is 18.9 Å². The molecule has 0 aliphatic heterocycles. The number of hydrogen-bond donors (Lipinski definition) is 0. The fourth-order valence-electron chi connectivity index (χ4n) is 3.05. The number of nitrogens with zero attached hydrogens (tertiary/aromatic N) is 2. The summed E-state index contributed by atoms with van der Waals surface area (Å²) in [7, 11) is 4.00. The van der Waals surface area contributed by atoms with Gasteiger partial charge in [0.15, 0.2) is 17.2 Å². The van der Waals surface area contributed by atoms with Gasteiger partial charge >= 0.3 is 11.9 Å². The minimum Gasteiger partial charge on any atom is -0.493 e. The lowest BCUT2D eigenvalue weighted by Gasteiger charge is -2.10. The van der Waals surface area contributed by atoms with E-state index in [0.717, 1.165) is 0 Å². The molecular weight excluding hydrogens is 388 g/mol. The van der Waals surface area contributed by atoms with Gasteiger partial charge in [0.25, 0.3) is 0 Å². The van der Waals surface area contributed by atoms with Crippen LogP contribution in [0.4, 0.5) is 0 Å². The van der Waals surface area contributed by atoms with E-state index in [9.17, 15) is 9.59 Å². The van der Waals surface area contributed by atoms with Crippen molar-refractivity contribution in [1.29, 1.82) is 0 Å². The highest BCUT2D eigenvalue weighted by atomic mass is 16.5. The molecule has 0 spiro atoms. The molecule has 0 N–H and O–H groups in total. The second-order valence-corrected chi connectivity index (χ2v) is 6.10. The molecule has 0 bridgehead atoms. The Morgan fingerprint density at radius 3 is 2.23 bits per heavy atom. The van der Waals surface area contributed by atoms with Crippen LogP contribution < -0.4 is 9.47 Å². The highest BCUT2D eigenvalue weighted by Gasteiger charge is 2.31. The minimum absolute atomic E-state index is 0.000541. The normalized spacial score (nSPS) is 10.4. The molecule has 8 nitrogen and oxygen atoms in total. The quantitative estimate of drug-likeness (QED) is 0.551. The van der Waals surface area contributed by atoms with Gasteiger partial charge in [0.1, 0.15) is 11.3 Å². The van der Waals surface area contributed by atoms with Gasteiger partial charge in [0.2, 0.25) is 0 Å². The molecule has 0 fully saturated rings. The Bertz CT molecular complexity index is 1060. The second-order valence-electron chi connectivity index (χ2n) is 6.10. The zero-order valence-electron chi connectivity index (χ0n) is 17.2. The molecule has 1 heterocycles. The van der Waals surface area contributed by atoms with Crippen molar-refractivity contribution in [2.75, 3.05) is 27.9 Å². The first-order chi connectivity index (χ1) is 14.5. The zero-order valence-corrected chi connectivity index (χ0v) is 17.2. The van der Waals surface area contributed by atoms with E-state index in [1.54, 1.807) is 42.5 Å². The van der Waals surface area contributed by atoms with Crippen LogP contribution in [0.2, 0.25) is 0 Å². The van der Waals surface area contributed by atoms with Crippen molar-refractivity contribution in [2.45, 2.75) is 6.92 Å². The number of para-hydroxylation sites is 1. The van der Waals surface area contributed by atoms with Gasteiger partial charge in [-0.1, -0.05) is 18.2 Å². The van der Waals surface area contributed by atoms with Gasteiger partial charge in [-0.2, -0.15) is 5.10 Å². The summed E-state index contributed by atoms with van der Waals surface area (Å²) in [6.07, 6.45) is 0. The average molecular weight is 410 g/mol. The lowest BCUT2D eigenvalue weighted by atomic mass is 10.0. The summed E-state index contributed by atoms with van der Waals surface area (Å²) in [6, 6.07) is 14.1. The Balaban J connectivity index is 2.30. The molecule has 30 heavy (non-hydrogen) atoms. The van der Waals surface area contributed by atoms with E-state index >= 15 is 0 Å². The van der Waals surface area contributed by atoms with Crippen LogP contribution in [-0.4, -0.2) is 49.7 Å². The molecule has 0 aliphatic carbocycles. The zero-order chi connectivity index (χ0) is 21.7. The fourth-order valence-corrected chi connectivity index (χ4v) is 3.05. The summed E-state index contributed by atoms with van der Waals surface area (Å²) >= 11 is 0. The molecular formula is C22H22N2O6. The van der Waals surface area contributed by atoms with Crippen molar-refractivity contribution in [3.63, 3.8) is 0 Å². The fraction of sp³-hybridized carbons (Fsp3) is 0.227. The molecule has 0 saturated carbocycles. The van der Waals surface area contributed by atoms with Crippen molar-refractivity contribution in [3.05, 3.63) is 59.8 Å². The van der Waals surface area contributed by atoms with Crippen LogP contribution in [-0.2, 0) is 9.47 Å². The van der Waals surface area contributed by atoms with Crippen LogP contribution in [0.15, 0.2) is 48.5 Å². The third-order valence-corrected chi connectivity index (χ3v) is 4.39. The minimum atomic E-state index is -0.712. The summed E-state index contributed by atoms with van der Waals surface area (Å²) < 4.78 is 22.2. The summed E-state index contributed by atoms with van der Waals surface area (Å²) in [6.45, 7) is 2.34. The predicted molar refractivity (Wildman–Crippen MR) is 109 cm³/mol. The van der Waals surface area contributed by atoms with E-state index in [-0.39, 0.29) is 17.0 Å². The molecule has 3 rings (SSSR count). The molecule has 1 aromatic heterocycles. The molecule has 3 aromatic rings. The first kappa shape index (κ1) is 20.9. The third kappa shape index (κ3) is 3.84. The number of hydrogen-bond acceptors (Lipinski definition) is 7. The van der Waals surface area contributed by atoms with Crippen LogP contribution in [0.25, 0.3) is 16.9 Å². The van der Waals surface area contributed by atoms with Gasteiger partial charge in [-0.3, -0.25) is 0 Å². The highest BCUT2D eigenvalue weighted by Crippen LogP contribution is 2.35. The Morgan fingerprint density at radius 2 is 1.63 bits per heavy atom. The van der Waals surface area contributed by atoms with Gasteiger partial charge in [-0.15, -0.1) is 0 Å². The van der Waals surface area contributed by atoms with Gasteiger partial charge in [0.05, 0.1) is 33.6 Å². The summed E-state index contributed by atoms with van der Waals surface area (Å²) in [5.41, 5.74) is 1.37. The van der Waals surface area contributed by atoms with E-state index in [1.807, 2.05) is 13.0 Å². The van der Waals surface area contributed by atoms with Crippen molar-refractivity contribution >= 4 is 11.9 Å². The number of methoxy groups -OCH3 is 3. The van der Waals surface area contributed by atoms with Crippen molar-refractivity contribution in [3.8, 4) is 28.4 Å². The lowest BCUT2D eigenvalue weighted by Crippen LogP contribution is -2.15. The summed E-state index contributed by atoms with van der Waals surface area (Å²) in [4.78, 5) is 25.3. The topological polar surface area (TPSA) is 88.9 Å². The molecule has 2 aromatic carbocycles. The van der Waals surface area contributed by atoms with E-state index in [0.29, 0.717) is 29.4 Å². The number of ether oxygens (including phenoxy) is 4. The molecule has 0 atom stereocenters. The van der Waals surface area contributed by atoms with E-state index < -0.39 is 11.9 Å². The maximum absolute atomic E-state index is 12.7.